The van der Waals surface area contributed by atoms with Gasteiger partial charge in [-0.1, -0.05) is 55.8 Å². The molecule has 2 aromatic rings. The summed E-state index contributed by atoms with van der Waals surface area (Å²) >= 11 is 0. The summed E-state index contributed by atoms with van der Waals surface area (Å²) < 4.78 is 5.58. The normalized spacial score (nSPS) is 15.3. The van der Waals surface area contributed by atoms with Crippen molar-refractivity contribution in [1.29, 1.82) is 0 Å². The lowest BCUT2D eigenvalue weighted by Crippen LogP contribution is -2.29. The maximum Gasteiger partial charge on any atom is 0.492 e. The van der Waals surface area contributed by atoms with Gasteiger partial charge in [0.25, 0.3) is 0 Å². The Morgan fingerprint density at radius 1 is 1.12 bits per heavy atom. The summed E-state index contributed by atoms with van der Waals surface area (Å²) in [7, 11) is -0.919. The largest absolute Gasteiger partial charge is 0.492 e. The van der Waals surface area contributed by atoms with Crippen LogP contribution < -0.4 is 5.46 Å². The number of rotatable bonds is 6. The summed E-state index contributed by atoms with van der Waals surface area (Å²) in [5.74, 6) is 0.0923. The lowest BCUT2D eigenvalue weighted by molar-refractivity contribution is 0.0991. The van der Waals surface area contributed by atoms with E-state index in [1.807, 2.05) is 56.3 Å². The van der Waals surface area contributed by atoms with Crippen molar-refractivity contribution < 1.29 is 14.5 Å². The van der Waals surface area contributed by atoms with Crippen molar-refractivity contribution in [2.24, 2.45) is 0 Å². The summed E-state index contributed by atoms with van der Waals surface area (Å²) in [6.07, 6.45) is 3.73. The first-order valence-electron chi connectivity index (χ1n) is 9.02. The van der Waals surface area contributed by atoms with E-state index in [2.05, 4.69) is 6.92 Å². The molecule has 0 atom stereocenters. The molecular formula is C21H25BO3. The molecule has 3 rings (SSSR count). The number of unbranched alkanes of at least 4 members (excludes halogenated alkanes) is 1. The molecule has 0 radical (unpaired) electrons. The Kier molecular flexibility index (Phi) is 5.12. The lowest BCUT2D eigenvalue weighted by Gasteiger charge is -2.19. The molecule has 0 fully saturated rings. The van der Waals surface area contributed by atoms with Crippen LogP contribution in [0.1, 0.15) is 60.7 Å². The minimum absolute atomic E-state index is 0.0923. The van der Waals surface area contributed by atoms with Gasteiger partial charge in [-0.05, 0) is 48.8 Å². The molecule has 1 aliphatic rings. The number of Topliss-reactive ketones (excluding diaryl/α,β-unsaturated/α-hetero) is 1. The van der Waals surface area contributed by atoms with E-state index in [0.29, 0.717) is 6.42 Å². The van der Waals surface area contributed by atoms with E-state index in [1.54, 1.807) is 0 Å². The molecule has 2 aromatic carbocycles. The average molecular weight is 336 g/mol. The van der Waals surface area contributed by atoms with Gasteiger partial charge in [-0.3, -0.25) is 4.79 Å². The third-order valence-corrected chi connectivity index (χ3v) is 4.90. The fourth-order valence-electron chi connectivity index (χ4n) is 3.41. The number of ketones is 1. The highest BCUT2D eigenvalue weighted by Crippen LogP contribution is 2.30. The molecule has 0 bridgehead atoms. The topological polar surface area (TPSA) is 46.5 Å². The Labute approximate surface area is 150 Å². The van der Waals surface area contributed by atoms with Crippen LogP contribution in [-0.2, 0) is 23.1 Å². The Hall–Kier alpha value is -1.91. The second-order valence-electron chi connectivity index (χ2n) is 7.30. The molecule has 4 heteroatoms. The van der Waals surface area contributed by atoms with Crippen molar-refractivity contribution in [3.8, 4) is 0 Å². The summed E-state index contributed by atoms with van der Waals surface area (Å²) in [5.41, 5.74) is 4.17. The van der Waals surface area contributed by atoms with Gasteiger partial charge < -0.3 is 9.68 Å². The SMILES string of the molecule is CCCCc1ccc(C(=O)Cc2ccc3c(c2)B(O)OC3(C)C)cc1. The molecule has 0 saturated carbocycles. The molecule has 0 spiro atoms. The van der Waals surface area contributed by atoms with Crippen molar-refractivity contribution in [2.75, 3.05) is 0 Å². The molecule has 0 aliphatic carbocycles. The predicted octanol–water partition coefficient (Wildman–Crippen LogP) is 3.41. The molecule has 3 nitrogen and oxygen atoms in total. The van der Waals surface area contributed by atoms with Gasteiger partial charge in [0.15, 0.2) is 5.78 Å². The number of carbonyl (C=O) groups is 1. The predicted molar refractivity (Wildman–Crippen MR) is 101 cm³/mol. The van der Waals surface area contributed by atoms with Crippen LogP contribution in [0, 0.1) is 0 Å². The molecule has 0 unspecified atom stereocenters. The van der Waals surface area contributed by atoms with Gasteiger partial charge >= 0.3 is 7.12 Å². The first-order chi connectivity index (χ1) is 11.9. The number of carbonyl (C=O) groups excluding carboxylic acids is 1. The van der Waals surface area contributed by atoms with Gasteiger partial charge in [0.2, 0.25) is 0 Å². The van der Waals surface area contributed by atoms with Crippen LogP contribution in [-0.4, -0.2) is 17.9 Å². The van der Waals surface area contributed by atoms with Gasteiger partial charge in [0.05, 0.1) is 5.60 Å². The van der Waals surface area contributed by atoms with E-state index < -0.39 is 12.7 Å². The average Bonchev–Trinajstić information content (AvgIpc) is 2.82. The number of hydrogen-bond acceptors (Lipinski definition) is 3. The highest BCUT2D eigenvalue weighted by molar-refractivity contribution is 6.62. The third-order valence-electron chi connectivity index (χ3n) is 4.90. The quantitative estimate of drug-likeness (QED) is 0.650. The Balaban J connectivity index is 1.72. The molecule has 0 amide bonds. The number of aryl methyl sites for hydroxylation is 1. The van der Waals surface area contributed by atoms with E-state index in [9.17, 15) is 9.82 Å². The van der Waals surface area contributed by atoms with Crippen LogP contribution in [0.2, 0.25) is 0 Å². The number of hydrogen-bond donors (Lipinski definition) is 1. The van der Waals surface area contributed by atoms with Crippen LogP contribution in [0.4, 0.5) is 0 Å². The van der Waals surface area contributed by atoms with Gasteiger partial charge in [-0.25, -0.2) is 0 Å². The van der Waals surface area contributed by atoms with E-state index in [0.717, 1.165) is 28.6 Å². The fourth-order valence-corrected chi connectivity index (χ4v) is 3.41. The summed E-state index contributed by atoms with van der Waals surface area (Å²) in [5, 5.41) is 10.1. The van der Waals surface area contributed by atoms with Crippen LogP contribution >= 0.6 is 0 Å². The summed E-state index contributed by atoms with van der Waals surface area (Å²) in [4.78, 5) is 12.6. The van der Waals surface area contributed by atoms with Gasteiger partial charge in [0, 0.05) is 12.0 Å². The van der Waals surface area contributed by atoms with Crippen molar-refractivity contribution in [2.45, 2.75) is 52.1 Å². The van der Waals surface area contributed by atoms with Crippen LogP contribution in [0.5, 0.6) is 0 Å². The third kappa shape index (κ3) is 3.86. The molecule has 1 N–H and O–H groups in total. The van der Waals surface area contributed by atoms with Crippen molar-refractivity contribution >= 4 is 18.4 Å². The van der Waals surface area contributed by atoms with E-state index >= 15 is 0 Å². The highest BCUT2D eigenvalue weighted by atomic mass is 16.5. The first-order valence-corrected chi connectivity index (χ1v) is 9.02. The Morgan fingerprint density at radius 2 is 1.80 bits per heavy atom. The van der Waals surface area contributed by atoms with Crippen LogP contribution in [0.25, 0.3) is 0 Å². The minimum Gasteiger partial charge on any atom is -0.423 e. The molecule has 25 heavy (non-hydrogen) atoms. The second-order valence-corrected chi connectivity index (χ2v) is 7.30. The molecule has 0 saturated heterocycles. The van der Waals surface area contributed by atoms with Gasteiger partial charge in [-0.15, -0.1) is 0 Å². The van der Waals surface area contributed by atoms with Crippen LogP contribution in [0.15, 0.2) is 42.5 Å². The molecule has 1 heterocycles. The number of fused-ring (bicyclic) bond motifs is 1. The van der Waals surface area contributed by atoms with Gasteiger partial charge in [0.1, 0.15) is 0 Å². The van der Waals surface area contributed by atoms with Crippen LogP contribution in [0.3, 0.4) is 0 Å². The monoisotopic (exact) mass is 336 g/mol. The zero-order valence-corrected chi connectivity index (χ0v) is 15.2. The fraction of sp³-hybridized carbons (Fsp3) is 0.381. The zero-order chi connectivity index (χ0) is 18.0. The lowest BCUT2D eigenvalue weighted by atomic mass is 9.77. The summed E-state index contributed by atoms with van der Waals surface area (Å²) in [6.45, 7) is 6.05. The second kappa shape index (κ2) is 7.15. The Morgan fingerprint density at radius 3 is 2.48 bits per heavy atom. The molecule has 130 valence electrons. The van der Waals surface area contributed by atoms with Crippen molar-refractivity contribution in [1.82, 2.24) is 0 Å². The van der Waals surface area contributed by atoms with E-state index in [4.69, 9.17) is 4.65 Å². The smallest absolute Gasteiger partial charge is 0.423 e. The highest BCUT2D eigenvalue weighted by Gasteiger charge is 2.40. The maximum atomic E-state index is 12.6. The first kappa shape index (κ1) is 17.9. The number of benzene rings is 2. The molecular weight excluding hydrogens is 311 g/mol. The van der Waals surface area contributed by atoms with Crippen molar-refractivity contribution in [3.05, 3.63) is 64.7 Å². The maximum absolute atomic E-state index is 12.6. The van der Waals surface area contributed by atoms with Gasteiger partial charge in [-0.2, -0.15) is 0 Å². The standard InChI is InChI=1S/C21H25BO3/c1-4-5-6-15-7-10-17(11-8-15)20(23)14-16-9-12-18-19(13-16)22(24)25-21(18,2)3/h7-13,24H,4-6,14H2,1-3H3. The van der Waals surface area contributed by atoms with E-state index in [1.165, 1.54) is 18.4 Å². The Bertz CT molecular complexity index is 765. The van der Waals surface area contributed by atoms with Crippen molar-refractivity contribution in [3.63, 3.8) is 0 Å². The molecule has 0 aromatic heterocycles. The van der Waals surface area contributed by atoms with E-state index in [-0.39, 0.29) is 5.78 Å². The summed E-state index contributed by atoms with van der Waals surface area (Å²) in [6, 6.07) is 13.7. The zero-order valence-electron chi connectivity index (χ0n) is 15.2. The molecule has 1 aliphatic heterocycles. The minimum atomic E-state index is -0.919.